The maximum absolute atomic E-state index is 3.87. The van der Waals surface area contributed by atoms with Crippen molar-refractivity contribution in [3.63, 3.8) is 0 Å². The lowest BCUT2D eigenvalue weighted by Crippen LogP contribution is -1.78. The van der Waals surface area contributed by atoms with E-state index in [9.17, 15) is 0 Å². The minimum absolute atomic E-state index is 0.950. The fourth-order valence-corrected chi connectivity index (χ4v) is 0.767. The van der Waals surface area contributed by atoms with Gasteiger partial charge in [-0.1, -0.05) is 77.3 Å². The SMILES string of the molecule is C=CC(=C)C(/C=C\C)=C\C=C/C.CC.CC. The molecule has 0 bridgehead atoms. The molecule has 0 aliphatic heterocycles. The van der Waals surface area contributed by atoms with E-state index in [1.54, 1.807) is 6.08 Å². The van der Waals surface area contributed by atoms with Crippen molar-refractivity contribution in [3.05, 3.63) is 60.8 Å². The number of hydrogen-bond acceptors (Lipinski definition) is 0. The second-order valence-electron chi connectivity index (χ2n) is 2.38. The third-order valence-electron chi connectivity index (χ3n) is 1.43. The summed E-state index contributed by atoms with van der Waals surface area (Å²) in [5, 5.41) is 0. The molecule has 0 heteroatoms. The molecule has 0 rings (SSSR count). The van der Waals surface area contributed by atoms with E-state index in [0.717, 1.165) is 11.1 Å². The van der Waals surface area contributed by atoms with E-state index in [2.05, 4.69) is 13.2 Å². The van der Waals surface area contributed by atoms with Crippen molar-refractivity contribution >= 4 is 0 Å². The van der Waals surface area contributed by atoms with Gasteiger partial charge < -0.3 is 0 Å². The lowest BCUT2D eigenvalue weighted by atomic mass is 10.1. The van der Waals surface area contributed by atoms with Crippen LogP contribution in [0.15, 0.2) is 60.8 Å². The molecule has 0 saturated heterocycles. The first kappa shape index (κ1) is 20.2. The Labute approximate surface area is 103 Å². The molecule has 0 aromatic heterocycles. The minimum Gasteiger partial charge on any atom is -0.0985 e. The van der Waals surface area contributed by atoms with Crippen LogP contribution in [0.4, 0.5) is 0 Å². The summed E-state index contributed by atoms with van der Waals surface area (Å²) < 4.78 is 0. The highest BCUT2D eigenvalue weighted by Crippen LogP contribution is 2.10. The van der Waals surface area contributed by atoms with E-state index in [-0.39, 0.29) is 0 Å². The van der Waals surface area contributed by atoms with Crippen LogP contribution < -0.4 is 0 Å². The summed E-state index contributed by atoms with van der Waals surface area (Å²) in [5.41, 5.74) is 2.05. The van der Waals surface area contributed by atoms with E-state index in [1.807, 2.05) is 71.9 Å². The van der Waals surface area contributed by atoms with Gasteiger partial charge >= 0.3 is 0 Å². The summed E-state index contributed by atoms with van der Waals surface area (Å²) in [7, 11) is 0. The van der Waals surface area contributed by atoms with Crippen molar-refractivity contribution in [2.24, 2.45) is 0 Å². The Bertz CT molecular complexity index is 237. The lowest BCUT2D eigenvalue weighted by Gasteiger charge is -1.98. The van der Waals surface area contributed by atoms with Crippen LogP contribution in [0.3, 0.4) is 0 Å². The molecule has 0 atom stereocenters. The predicted molar refractivity (Wildman–Crippen MR) is 79.7 cm³/mol. The van der Waals surface area contributed by atoms with Gasteiger partial charge in [0.05, 0.1) is 0 Å². The van der Waals surface area contributed by atoms with Gasteiger partial charge in [-0.05, 0) is 25.0 Å². The standard InChI is InChI=1S/C12H16.2C2H6/c1-5-8-10-12(9-6-2)11(4)7-3;2*1-2/h5-10H,3-4H2,1-2H3;2*1-2H3/b8-5-,9-6-,12-10-;;. The average Bonchev–Trinajstić information content (AvgIpc) is 2.38. The first-order valence-electron chi connectivity index (χ1n) is 6.03. The molecule has 0 amide bonds. The minimum atomic E-state index is 0.950. The second-order valence-corrected chi connectivity index (χ2v) is 2.38. The van der Waals surface area contributed by atoms with Gasteiger partial charge in [-0.25, -0.2) is 0 Å². The zero-order valence-corrected chi connectivity index (χ0v) is 11.9. The van der Waals surface area contributed by atoms with Gasteiger partial charge in [-0.2, -0.15) is 0 Å². The van der Waals surface area contributed by atoms with Gasteiger partial charge in [-0.3, -0.25) is 0 Å². The average molecular weight is 220 g/mol. The van der Waals surface area contributed by atoms with Crippen molar-refractivity contribution in [1.82, 2.24) is 0 Å². The lowest BCUT2D eigenvalue weighted by molar-refractivity contribution is 1.50. The topological polar surface area (TPSA) is 0 Å². The smallest absolute Gasteiger partial charge is 0.0194 e. The predicted octanol–water partition coefficient (Wildman–Crippen LogP) is 5.86. The van der Waals surface area contributed by atoms with Gasteiger partial charge in [0.15, 0.2) is 0 Å². The van der Waals surface area contributed by atoms with Crippen LogP contribution in [0.25, 0.3) is 0 Å². The van der Waals surface area contributed by atoms with E-state index < -0.39 is 0 Å². The van der Waals surface area contributed by atoms with Crippen molar-refractivity contribution in [2.45, 2.75) is 41.5 Å². The summed E-state index contributed by atoms with van der Waals surface area (Å²) >= 11 is 0. The molecule has 0 heterocycles. The van der Waals surface area contributed by atoms with E-state index in [1.165, 1.54) is 0 Å². The summed E-state index contributed by atoms with van der Waals surface area (Å²) in [6.45, 7) is 19.5. The molecule has 16 heavy (non-hydrogen) atoms. The van der Waals surface area contributed by atoms with E-state index in [0.29, 0.717) is 0 Å². The summed E-state index contributed by atoms with van der Waals surface area (Å²) in [5.74, 6) is 0. The molecule has 0 N–H and O–H groups in total. The second kappa shape index (κ2) is 19.3. The molecule has 92 valence electrons. The van der Waals surface area contributed by atoms with Crippen molar-refractivity contribution in [2.75, 3.05) is 0 Å². The van der Waals surface area contributed by atoms with Crippen LogP contribution in [0, 0.1) is 0 Å². The molecule has 0 aliphatic rings. The molecular weight excluding hydrogens is 192 g/mol. The molecule has 0 unspecified atom stereocenters. The van der Waals surface area contributed by atoms with Crippen LogP contribution >= 0.6 is 0 Å². The van der Waals surface area contributed by atoms with Gasteiger partial charge in [0.25, 0.3) is 0 Å². The molecular formula is C16H28. The third-order valence-corrected chi connectivity index (χ3v) is 1.43. The van der Waals surface area contributed by atoms with Gasteiger partial charge in [-0.15, -0.1) is 0 Å². The summed E-state index contributed by atoms with van der Waals surface area (Å²) in [4.78, 5) is 0. The summed E-state index contributed by atoms with van der Waals surface area (Å²) in [6, 6.07) is 0. The summed E-state index contributed by atoms with van der Waals surface area (Å²) in [6.07, 6.45) is 11.8. The first-order chi connectivity index (χ1) is 7.76. The van der Waals surface area contributed by atoms with Crippen molar-refractivity contribution in [1.29, 1.82) is 0 Å². The molecule has 0 nitrogen and oxygen atoms in total. The van der Waals surface area contributed by atoms with Gasteiger partial charge in [0.2, 0.25) is 0 Å². The Morgan fingerprint density at radius 3 is 1.75 bits per heavy atom. The molecule has 0 saturated carbocycles. The van der Waals surface area contributed by atoms with Crippen LogP contribution in [-0.4, -0.2) is 0 Å². The van der Waals surface area contributed by atoms with Gasteiger partial charge in [0.1, 0.15) is 0 Å². The Morgan fingerprint density at radius 2 is 1.44 bits per heavy atom. The van der Waals surface area contributed by atoms with Gasteiger partial charge in [0, 0.05) is 0 Å². The highest BCUT2D eigenvalue weighted by Gasteiger charge is 1.90. The fraction of sp³-hybridized carbons (Fsp3) is 0.375. The maximum atomic E-state index is 3.87. The van der Waals surface area contributed by atoms with Crippen LogP contribution in [0.1, 0.15) is 41.5 Å². The van der Waals surface area contributed by atoms with E-state index in [4.69, 9.17) is 0 Å². The Hall–Kier alpha value is -1.30. The Kier molecular flexibility index (Phi) is 24.3. The number of rotatable bonds is 4. The third kappa shape index (κ3) is 12.7. The van der Waals surface area contributed by atoms with Crippen molar-refractivity contribution < 1.29 is 0 Å². The Balaban J connectivity index is -0.000000376. The molecule has 0 spiro atoms. The largest absolute Gasteiger partial charge is 0.0985 e. The highest BCUT2D eigenvalue weighted by molar-refractivity contribution is 5.45. The molecule has 0 fully saturated rings. The van der Waals surface area contributed by atoms with Crippen LogP contribution in [-0.2, 0) is 0 Å². The molecule has 0 aromatic carbocycles. The monoisotopic (exact) mass is 220 g/mol. The zero-order valence-electron chi connectivity index (χ0n) is 11.9. The van der Waals surface area contributed by atoms with Crippen LogP contribution in [0.2, 0.25) is 0 Å². The normalized spacial score (nSPS) is 10.2. The number of hydrogen-bond donors (Lipinski definition) is 0. The Morgan fingerprint density at radius 1 is 0.938 bits per heavy atom. The van der Waals surface area contributed by atoms with Crippen LogP contribution in [0.5, 0.6) is 0 Å². The maximum Gasteiger partial charge on any atom is -0.0194 e. The zero-order chi connectivity index (χ0) is 13.4. The quantitative estimate of drug-likeness (QED) is 0.520. The molecule has 0 aliphatic carbocycles. The molecule has 0 aromatic rings. The number of allylic oxidation sites excluding steroid dienone is 8. The molecule has 0 radical (unpaired) electrons. The fourth-order valence-electron chi connectivity index (χ4n) is 0.767. The first-order valence-corrected chi connectivity index (χ1v) is 6.03. The highest BCUT2D eigenvalue weighted by atomic mass is 14.0. The van der Waals surface area contributed by atoms with Crippen molar-refractivity contribution in [3.8, 4) is 0 Å². The van der Waals surface area contributed by atoms with E-state index >= 15 is 0 Å².